The fourth-order valence-electron chi connectivity index (χ4n) is 7.81. The molecule has 4 heteroatoms. The van der Waals surface area contributed by atoms with Gasteiger partial charge in [-0.2, -0.15) is 0 Å². The van der Waals surface area contributed by atoms with Crippen LogP contribution in [0.1, 0.15) is 18.1 Å². The second-order valence-corrected chi connectivity index (χ2v) is 14.9. The van der Waals surface area contributed by atoms with Gasteiger partial charge in [-0.15, -0.1) is 0 Å². The van der Waals surface area contributed by atoms with Crippen molar-refractivity contribution in [2.24, 2.45) is 0 Å². The van der Waals surface area contributed by atoms with Crippen LogP contribution in [0.2, 0.25) is 0 Å². The lowest BCUT2D eigenvalue weighted by atomic mass is 9.80. The second kappa shape index (κ2) is 17.0. The topological polar surface area (TPSA) is 51.6 Å². The average molecular weight is 783 g/mol. The lowest BCUT2D eigenvalue weighted by Crippen LogP contribution is -2.01. The van der Waals surface area contributed by atoms with Gasteiger partial charge in [0.25, 0.3) is 0 Å². The minimum absolute atomic E-state index is 0.566. The van der Waals surface area contributed by atoms with Crippen LogP contribution in [0.3, 0.4) is 0 Å². The standard InChI is InChI=1S/C57H42N4/c1-5-39(4)44-29-18-31-46(35-44)56-59-55(43-27-16-9-17-28-43)60-57(61-56)47-32-19-30-45(36-47)50-33-20-34-51(58-50)49-37-48(38(2)3)52(40-21-10-6-11-22-40)54(42-25-14-8-15-26-42)53(49)41-23-12-7-13-24-41/h5-37H,1-2,4H2,3H3. The number of pyridine rings is 1. The van der Waals surface area contributed by atoms with Gasteiger partial charge in [-0.3, -0.25) is 0 Å². The molecule has 4 nitrogen and oxygen atoms in total. The number of hydrogen-bond donors (Lipinski definition) is 0. The predicted octanol–water partition coefficient (Wildman–Crippen LogP) is 14.8. The van der Waals surface area contributed by atoms with Crippen molar-refractivity contribution in [3.63, 3.8) is 0 Å². The molecule has 2 heterocycles. The van der Waals surface area contributed by atoms with Gasteiger partial charge in [0, 0.05) is 27.8 Å². The molecular weight excluding hydrogens is 741 g/mol. The van der Waals surface area contributed by atoms with E-state index in [0.717, 1.165) is 94.9 Å². The molecule has 7 aromatic carbocycles. The summed E-state index contributed by atoms with van der Waals surface area (Å²) in [6.07, 6.45) is 1.76. The molecule has 0 aliphatic rings. The lowest BCUT2D eigenvalue weighted by molar-refractivity contribution is 1.07. The van der Waals surface area contributed by atoms with Crippen molar-refractivity contribution in [1.82, 2.24) is 19.9 Å². The zero-order chi connectivity index (χ0) is 41.7. The van der Waals surface area contributed by atoms with E-state index in [1.54, 1.807) is 6.08 Å². The van der Waals surface area contributed by atoms with Gasteiger partial charge in [0.05, 0.1) is 11.4 Å². The van der Waals surface area contributed by atoms with Crippen LogP contribution in [0.4, 0.5) is 0 Å². The fraction of sp³-hybridized carbons (Fsp3) is 0.0175. The van der Waals surface area contributed by atoms with Gasteiger partial charge < -0.3 is 0 Å². The van der Waals surface area contributed by atoms with Crippen molar-refractivity contribution in [2.75, 3.05) is 0 Å². The van der Waals surface area contributed by atoms with E-state index in [1.807, 2.05) is 66.7 Å². The van der Waals surface area contributed by atoms with Crippen molar-refractivity contribution in [3.05, 3.63) is 231 Å². The molecule has 0 aliphatic heterocycles. The van der Waals surface area contributed by atoms with E-state index in [4.69, 9.17) is 19.9 Å². The summed E-state index contributed by atoms with van der Waals surface area (Å²) in [6.45, 7) is 14.7. The first kappa shape index (κ1) is 38.4. The molecule has 0 saturated carbocycles. The Hall–Kier alpha value is -8.08. The zero-order valence-electron chi connectivity index (χ0n) is 34.0. The first-order chi connectivity index (χ1) is 29.9. The minimum atomic E-state index is 0.566. The van der Waals surface area contributed by atoms with Crippen LogP contribution < -0.4 is 0 Å². The summed E-state index contributed by atoms with van der Waals surface area (Å²) in [4.78, 5) is 20.5. The van der Waals surface area contributed by atoms with E-state index in [0.29, 0.717) is 17.5 Å². The summed E-state index contributed by atoms with van der Waals surface area (Å²) >= 11 is 0. The Morgan fingerprint density at radius 2 is 0.836 bits per heavy atom. The lowest BCUT2D eigenvalue weighted by Gasteiger charge is -2.24. The van der Waals surface area contributed by atoms with Crippen LogP contribution in [0.25, 0.3) is 101 Å². The highest BCUT2D eigenvalue weighted by molar-refractivity contribution is 6.05. The molecule has 0 saturated heterocycles. The van der Waals surface area contributed by atoms with Gasteiger partial charge in [0.1, 0.15) is 0 Å². The molecular formula is C57H42N4. The monoisotopic (exact) mass is 782 g/mol. The van der Waals surface area contributed by atoms with E-state index in [9.17, 15) is 0 Å². The van der Waals surface area contributed by atoms with E-state index in [-0.39, 0.29) is 0 Å². The van der Waals surface area contributed by atoms with E-state index < -0.39 is 0 Å². The SMILES string of the molecule is C=CC(=C)c1cccc(-c2nc(-c3ccccc3)nc(-c3cccc(-c4cccc(-c5cc(C(=C)C)c(-c6ccccc6)c(-c6ccccc6)c5-c5ccccc5)n4)c3)n2)c1. The Bertz CT molecular complexity index is 3060. The average Bonchev–Trinajstić information content (AvgIpc) is 3.34. The maximum Gasteiger partial charge on any atom is 0.164 e. The van der Waals surface area contributed by atoms with Gasteiger partial charge in [-0.1, -0.05) is 195 Å². The van der Waals surface area contributed by atoms with Crippen molar-refractivity contribution in [1.29, 1.82) is 0 Å². The molecule has 0 fully saturated rings. The van der Waals surface area contributed by atoms with Crippen molar-refractivity contribution < 1.29 is 0 Å². The summed E-state index contributed by atoms with van der Waals surface area (Å²) in [5.41, 5.74) is 16.9. The smallest absolute Gasteiger partial charge is 0.164 e. The molecule has 9 rings (SSSR count). The van der Waals surface area contributed by atoms with Gasteiger partial charge in [0.15, 0.2) is 17.5 Å². The van der Waals surface area contributed by atoms with Crippen molar-refractivity contribution >= 4 is 11.1 Å². The number of aromatic nitrogens is 4. The van der Waals surface area contributed by atoms with Crippen LogP contribution in [0.15, 0.2) is 220 Å². The summed E-state index contributed by atoms with van der Waals surface area (Å²) in [5, 5.41) is 0. The van der Waals surface area contributed by atoms with Crippen LogP contribution in [-0.2, 0) is 0 Å². The fourth-order valence-corrected chi connectivity index (χ4v) is 7.81. The largest absolute Gasteiger partial charge is 0.248 e. The van der Waals surface area contributed by atoms with E-state index in [2.05, 4.69) is 154 Å². The molecule has 9 aromatic rings. The van der Waals surface area contributed by atoms with Crippen LogP contribution in [-0.4, -0.2) is 19.9 Å². The molecule has 0 atom stereocenters. The normalized spacial score (nSPS) is 10.9. The van der Waals surface area contributed by atoms with Gasteiger partial charge in [0.2, 0.25) is 0 Å². The number of allylic oxidation sites excluding steroid dienone is 3. The van der Waals surface area contributed by atoms with Crippen LogP contribution in [0, 0.1) is 0 Å². The highest BCUT2D eigenvalue weighted by Crippen LogP contribution is 2.48. The molecule has 290 valence electrons. The summed E-state index contributed by atoms with van der Waals surface area (Å²) in [6, 6.07) is 66.8. The molecule has 0 spiro atoms. The van der Waals surface area contributed by atoms with Crippen molar-refractivity contribution in [2.45, 2.75) is 6.92 Å². The summed E-state index contributed by atoms with van der Waals surface area (Å²) in [7, 11) is 0. The van der Waals surface area contributed by atoms with Gasteiger partial charge in [-0.25, -0.2) is 19.9 Å². The van der Waals surface area contributed by atoms with Gasteiger partial charge in [-0.05, 0) is 87.3 Å². The summed E-state index contributed by atoms with van der Waals surface area (Å²) in [5.74, 6) is 1.73. The van der Waals surface area contributed by atoms with Crippen LogP contribution >= 0.6 is 0 Å². The molecule has 0 amide bonds. The quantitative estimate of drug-likeness (QED) is 0.123. The third-order valence-electron chi connectivity index (χ3n) is 10.8. The Morgan fingerprint density at radius 3 is 1.41 bits per heavy atom. The summed E-state index contributed by atoms with van der Waals surface area (Å²) < 4.78 is 0. The Kier molecular flexibility index (Phi) is 10.7. The molecule has 0 unspecified atom stereocenters. The predicted molar refractivity (Wildman–Crippen MR) is 255 cm³/mol. The highest BCUT2D eigenvalue weighted by Gasteiger charge is 2.24. The molecule has 61 heavy (non-hydrogen) atoms. The third-order valence-corrected chi connectivity index (χ3v) is 10.8. The molecule has 0 N–H and O–H groups in total. The Balaban J connectivity index is 1.22. The molecule has 0 aliphatic carbocycles. The first-order valence-electron chi connectivity index (χ1n) is 20.3. The maximum atomic E-state index is 5.44. The van der Waals surface area contributed by atoms with Gasteiger partial charge >= 0.3 is 0 Å². The number of nitrogens with zero attached hydrogens (tertiary/aromatic N) is 4. The molecule has 0 radical (unpaired) electrons. The second-order valence-electron chi connectivity index (χ2n) is 14.9. The zero-order valence-corrected chi connectivity index (χ0v) is 34.0. The Morgan fingerprint density at radius 1 is 0.393 bits per heavy atom. The van der Waals surface area contributed by atoms with Crippen LogP contribution in [0.5, 0.6) is 0 Å². The third kappa shape index (κ3) is 7.91. The maximum absolute atomic E-state index is 5.44. The van der Waals surface area contributed by atoms with E-state index >= 15 is 0 Å². The Labute approximate surface area is 357 Å². The molecule has 0 bridgehead atoms. The number of benzene rings is 7. The first-order valence-corrected chi connectivity index (χ1v) is 20.3. The highest BCUT2D eigenvalue weighted by atomic mass is 15.0. The minimum Gasteiger partial charge on any atom is -0.248 e. The number of hydrogen-bond acceptors (Lipinski definition) is 4. The van der Waals surface area contributed by atoms with E-state index in [1.165, 1.54) is 0 Å². The van der Waals surface area contributed by atoms with Crippen molar-refractivity contribution in [3.8, 4) is 90.1 Å². The molecule has 2 aromatic heterocycles. The number of rotatable bonds is 11.